The van der Waals surface area contributed by atoms with Gasteiger partial charge in [0.2, 0.25) is 0 Å². The lowest BCUT2D eigenvalue weighted by Crippen LogP contribution is -2.14. The van der Waals surface area contributed by atoms with Gasteiger partial charge in [-0.05, 0) is 18.2 Å². The summed E-state index contributed by atoms with van der Waals surface area (Å²) < 4.78 is 50.7. The van der Waals surface area contributed by atoms with E-state index < -0.39 is 29.2 Å². The number of hydrogen-bond donors (Lipinski definition) is 2. The van der Waals surface area contributed by atoms with Crippen molar-refractivity contribution in [2.45, 2.75) is 6.18 Å². The highest BCUT2D eigenvalue weighted by molar-refractivity contribution is 6.02. The number of carbonyl (C=O) groups excluding carboxylic acids is 1. The minimum atomic E-state index is -4.61. The van der Waals surface area contributed by atoms with E-state index in [-0.39, 0.29) is 5.69 Å². The van der Waals surface area contributed by atoms with Crippen molar-refractivity contribution in [1.82, 2.24) is 9.97 Å². The summed E-state index contributed by atoms with van der Waals surface area (Å²) in [5, 5.41) is 2.04. The van der Waals surface area contributed by atoms with Gasteiger partial charge in [-0.2, -0.15) is 13.2 Å². The molecule has 4 nitrogen and oxygen atoms in total. The van der Waals surface area contributed by atoms with Crippen LogP contribution >= 0.6 is 0 Å². The lowest BCUT2D eigenvalue weighted by atomic mass is 10.2. The van der Waals surface area contributed by atoms with E-state index in [1.807, 2.05) is 5.32 Å². The summed E-state index contributed by atoms with van der Waals surface area (Å²) in [6.45, 7) is 0. The highest BCUT2D eigenvalue weighted by Gasteiger charge is 2.31. The molecular weight excluding hydrogens is 266 g/mol. The second-order valence-corrected chi connectivity index (χ2v) is 3.61. The Bertz CT molecular complexity index is 592. The Balaban J connectivity index is 2.27. The standard InChI is InChI=1S/C11H7F4N3O/c12-7-2-1-6(11(13,14)15)3-8(7)18-10(19)9-4-16-5-17-9/h1-5H,(H,16,17)(H,18,19). The second-order valence-electron chi connectivity index (χ2n) is 3.61. The van der Waals surface area contributed by atoms with Crippen LogP contribution in [0.15, 0.2) is 30.7 Å². The molecule has 0 aliphatic rings. The number of H-pyrrole nitrogens is 1. The van der Waals surface area contributed by atoms with Gasteiger partial charge in [-0.25, -0.2) is 9.37 Å². The average Bonchev–Trinajstić information content (AvgIpc) is 2.84. The number of alkyl halides is 3. The number of nitrogens with zero attached hydrogens (tertiary/aromatic N) is 1. The summed E-state index contributed by atoms with van der Waals surface area (Å²) in [4.78, 5) is 17.6. The van der Waals surface area contributed by atoms with Crippen LogP contribution in [0.25, 0.3) is 0 Å². The highest BCUT2D eigenvalue weighted by Crippen LogP contribution is 2.31. The molecule has 2 N–H and O–H groups in total. The van der Waals surface area contributed by atoms with Gasteiger partial charge < -0.3 is 10.3 Å². The van der Waals surface area contributed by atoms with Crippen LogP contribution in [-0.2, 0) is 6.18 Å². The molecule has 100 valence electrons. The zero-order chi connectivity index (χ0) is 14.0. The number of carbonyl (C=O) groups is 1. The third-order valence-electron chi connectivity index (χ3n) is 2.28. The molecule has 2 aromatic rings. The van der Waals surface area contributed by atoms with E-state index in [1.165, 1.54) is 12.5 Å². The van der Waals surface area contributed by atoms with Gasteiger partial charge in [0.05, 0.1) is 23.8 Å². The van der Waals surface area contributed by atoms with Gasteiger partial charge in [-0.15, -0.1) is 0 Å². The highest BCUT2D eigenvalue weighted by atomic mass is 19.4. The molecule has 0 aliphatic carbocycles. The first-order valence-electron chi connectivity index (χ1n) is 5.04. The molecule has 0 aliphatic heterocycles. The first-order valence-corrected chi connectivity index (χ1v) is 5.04. The summed E-state index contributed by atoms with van der Waals surface area (Å²) in [5.74, 6) is -1.74. The summed E-state index contributed by atoms with van der Waals surface area (Å²) in [6, 6.07) is 1.77. The molecule has 1 heterocycles. The quantitative estimate of drug-likeness (QED) is 0.826. The first kappa shape index (κ1) is 13.1. The molecule has 0 unspecified atom stereocenters. The van der Waals surface area contributed by atoms with Crippen molar-refractivity contribution in [2.75, 3.05) is 5.32 Å². The van der Waals surface area contributed by atoms with E-state index in [4.69, 9.17) is 0 Å². The van der Waals surface area contributed by atoms with Gasteiger partial charge in [0.1, 0.15) is 11.5 Å². The minimum absolute atomic E-state index is 0.0109. The third kappa shape index (κ3) is 2.90. The number of amides is 1. The Kier molecular flexibility index (Phi) is 3.24. The van der Waals surface area contributed by atoms with Crippen LogP contribution in [0.1, 0.15) is 16.1 Å². The molecule has 19 heavy (non-hydrogen) atoms. The predicted molar refractivity (Wildman–Crippen MR) is 57.9 cm³/mol. The van der Waals surface area contributed by atoms with E-state index in [0.717, 1.165) is 0 Å². The van der Waals surface area contributed by atoms with Gasteiger partial charge in [-0.3, -0.25) is 4.79 Å². The lowest BCUT2D eigenvalue weighted by molar-refractivity contribution is -0.137. The minimum Gasteiger partial charge on any atom is -0.341 e. The Morgan fingerprint density at radius 1 is 1.32 bits per heavy atom. The topological polar surface area (TPSA) is 57.8 Å². The summed E-state index contributed by atoms with van der Waals surface area (Å²) in [7, 11) is 0. The fraction of sp³-hybridized carbons (Fsp3) is 0.0909. The molecule has 0 bridgehead atoms. The van der Waals surface area contributed by atoms with Crippen molar-refractivity contribution in [3.05, 3.63) is 47.8 Å². The number of benzene rings is 1. The maximum atomic E-state index is 13.4. The molecule has 2 rings (SSSR count). The number of hydrogen-bond acceptors (Lipinski definition) is 2. The van der Waals surface area contributed by atoms with Crippen LogP contribution in [0.4, 0.5) is 23.2 Å². The van der Waals surface area contributed by atoms with Crippen LogP contribution in [-0.4, -0.2) is 15.9 Å². The fourth-order valence-electron chi connectivity index (χ4n) is 1.37. The van der Waals surface area contributed by atoms with Crippen LogP contribution in [0.5, 0.6) is 0 Å². The van der Waals surface area contributed by atoms with Crippen LogP contribution < -0.4 is 5.32 Å². The number of nitrogens with one attached hydrogen (secondary N) is 2. The van der Waals surface area contributed by atoms with Gasteiger partial charge in [0.15, 0.2) is 0 Å². The third-order valence-corrected chi connectivity index (χ3v) is 2.28. The number of rotatable bonds is 2. The largest absolute Gasteiger partial charge is 0.416 e. The lowest BCUT2D eigenvalue weighted by Gasteiger charge is -2.10. The normalized spacial score (nSPS) is 11.4. The average molecular weight is 273 g/mol. The Hall–Kier alpha value is -2.38. The molecule has 1 aromatic carbocycles. The monoisotopic (exact) mass is 273 g/mol. The predicted octanol–water partition coefficient (Wildman–Crippen LogP) is 2.82. The second kappa shape index (κ2) is 4.71. The van der Waals surface area contributed by atoms with Crippen molar-refractivity contribution in [3.63, 3.8) is 0 Å². The molecule has 0 radical (unpaired) electrons. The van der Waals surface area contributed by atoms with Gasteiger partial charge >= 0.3 is 6.18 Å². The molecule has 0 fully saturated rings. The zero-order valence-electron chi connectivity index (χ0n) is 9.25. The molecule has 0 saturated carbocycles. The molecule has 1 aromatic heterocycles. The van der Waals surface area contributed by atoms with E-state index in [9.17, 15) is 22.4 Å². The summed E-state index contributed by atoms with van der Waals surface area (Å²) in [5.41, 5.74) is -1.58. The molecule has 0 spiro atoms. The molecule has 8 heteroatoms. The van der Waals surface area contributed by atoms with Crippen LogP contribution in [0.2, 0.25) is 0 Å². The maximum absolute atomic E-state index is 13.4. The van der Waals surface area contributed by atoms with Crippen LogP contribution in [0.3, 0.4) is 0 Å². The van der Waals surface area contributed by atoms with Crippen molar-refractivity contribution in [3.8, 4) is 0 Å². The number of anilines is 1. The van der Waals surface area contributed by atoms with Gasteiger partial charge in [-0.1, -0.05) is 0 Å². The molecule has 0 saturated heterocycles. The summed E-state index contributed by atoms with van der Waals surface area (Å²) >= 11 is 0. The van der Waals surface area contributed by atoms with Crippen molar-refractivity contribution in [1.29, 1.82) is 0 Å². The fourth-order valence-corrected chi connectivity index (χ4v) is 1.37. The Morgan fingerprint density at radius 3 is 2.63 bits per heavy atom. The van der Waals surface area contributed by atoms with E-state index in [1.54, 1.807) is 0 Å². The molecule has 0 atom stereocenters. The van der Waals surface area contributed by atoms with Crippen LogP contribution in [0, 0.1) is 5.82 Å². The van der Waals surface area contributed by atoms with E-state index >= 15 is 0 Å². The zero-order valence-corrected chi connectivity index (χ0v) is 9.25. The maximum Gasteiger partial charge on any atom is 0.416 e. The van der Waals surface area contributed by atoms with Crippen molar-refractivity contribution in [2.24, 2.45) is 0 Å². The smallest absolute Gasteiger partial charge is 0.341 e. The Morgan fingerprint density at radius 2 is 2.05 bits per heavy atom. The van der Waals surface area contributed by atoms with Gasteiger partial charge in [0.25, 0.3) is 5.91 Å². The van der Waals surface area contributed by atoms with E-state index in [0.29, 0.717) is 18.2 Å². The van der Waals surface area contributed by atoms with Gasteiger partial charge in [0, 0.05) is 0 Å². The first-order chi connectivity index (χ1) is 8.88. The van der Waals surface area contributed by atoms with Crippen molar-refractivity contribution < 1.29 is 22.4 Å². The number of aromatic nitrogens is 2. The SMILES string of the molecule is O=C(Nc1cc(C(F)(F)F)ccc1F)c1cnc[nH]1. The number of imidazole rings is 1. The molecular formula is C11H7F4N3O. The number of aromatic amines is 1. The Labute approximate surface area is 104 Å². The van der Waals surface area contributed by atoms with Crippen molar-refractivity contribution >= 4 is 11.6 Å². The van der Waals surface area contributed by atoms with E-state index in [2.05, 4.69) is 9.97 Å². The number of halogens is 4. The molecule has 1 amide bonds. The summed E-state index contributed by atoms with van der Waals surface area (Å²) in [6.07, 6.45) is -2.22.